The van der Waals surface area contributed by atoms with Gasteiger partial charge in [-0.05, 0) is 35.3 Å². The third-order valence-electron chi connectivity index (χ3n) is 7.57. The molecule has 0 aliphatic carbocycles. The van der Waals surface area contributed by atoms with Crippen LogP contribution in [-0.4, -0.2) is 43.6 Å². The maximum Gasteiger partial charge on any atom is 0.330 e. The van der Waals surface area contributed by atoms with Crippen LogP contribution >= 0.6 is 0 Å². The van der Waals surface area contributed by atoms with E-state index in [1.165, 1.54) is 6.08 Å². The van der Waals surface area contributed by atoms with E-state index in [0.29, 0.717) is 32.2 Å². The number of carbonyl (C=O) groups is 1. The predicted octanol–water partition coefficient (Wildman–Crippen LogP) is 7.36. The fraction of sp³-hybridized carbons (Fsp3) is 0.275. The Kier molecular flexibility index (Phi) is 13.4. The van der Waals surface area contributed by atoms with E-state index >= 15 is 0 Å². The van der Waals surface area contributed by atoms with Gasteiger partial charge in [-0.15, -0.1) is 0 Å². The molecule has 244 valence electrons. The van der Waals surface area contributed by atoms with Crippen molar-refractivity contribution in [2.75, 3.05) is 13.2 Å². The van der Waals surface area contributed by atoms with E-state index in [2.05, 4.69) is 0 Å². The second-order valence-electron chi connectivity index (χ2n) is 11.1. The molecule has 47 heavy (non-hydrogen) atoms. The van der Waals surface area contributed by atoms with Crippen molar-refractivity contribution in [3.63, 3.8) is 0 Å². The van der Waals surface area contributed by atoms with Crippen LogP contribution in [0.4, 0.5) is 0 Å². The quantitative estimate of drug-likeness (QED) is 0.0942. The monoisotopic (exact) mass is 634 g/mol. The highest BCUT2D eigenvalue weighted by molar-refractivity contribution is 5.82. The number of ether oxygens (including phenoxy) is 6. The molecule has 1 heterocycles. The Morgan fingerprint density at radius 2 is 1.11 bits per heavy atom. The molecule has 0 aromatic heterocycles. The molecule has 4 aromatic carbocycles. The lowest BCUT2D eigenvalue weighted by Gasteiger charge is -2.43. The summed E-state index contributed by atoms with van der Waals surface area (Å²) in [6, 6.07) is 40.0. The standard InChI is InChI=1S/C40H42O7/c1-2-43-37(41)25-15-24-35-38(44-27-32-18-9-4-10-19-32)40(46-29-34-22-13-6-14-23-34)39(45-28-33-20-11-5-12-21-33)36(47-35)30-42-26-31-16-7-3-8-17-31/h3-25,36,38-40H,2,26-30H2,1H3/b25-15+,35-24-/t36-,38+,39-,40-/m1/s1. The molecule has 7 heteroatoms. The zero-order valence-electron chi connectivity index (χ0n) is 26.7. The van der Waals surface area contributed by atoms with Crippen LogP contribution in [0.15, 0.2) is 145 Å². The molecule has 4 atom stereocenters. The van der Waals surface area contributed by atoms with Gasteiger partial charge in [-0.1, -0.05) is 127 Å². The first-order chi connectivity index (χ1) is 23.2. The van der Waals surface area contributed by atoms with Crippen molar-refractivity contribution in [1.82, 2.24) is 0 Å². The summed E-state index contributed by atoms with van der Waals surface area (Å²) in [6.07, 6.45) is 2.40. The van der Waals surface area contributed by atoms with Crippen LogP contribution < -0.4 is 0 Å². The minimum atomic E-state index is -0.656. The molecular weight excluding hydrogens is 592 g/mol. The van der Waals surface area contributed by atoms with Crippen LogP contribution in [0.2, 0.25) is 0 Å². The van der Waals surface area contributed by atoms with Crippen LogP contribution in [0.1, 0.15) is 29.2 Å². The molecule has 1 fully saturated rings. The first-order valence-corrected chi connectivity index (χ1v) is 16.0. The first kappa shape index (κ1) is 33.8. The van der Waals surface area contributed by atoms with Gasteiger partial charge in [0, 0.05) is 6.08 Å². The molecule has 1 saturated heterocycles. The van der Waals surface area contributed by atoms with Gasteiger partial charge >= 0.3 is 5.97 Å². The number of benzene rings is 4. The number of allylic oxidation sites excluding steroid dienone is 2. The van der Waals surface area contributed by atoms with Crippen molar-refractivity contribution in [3.8, 4) is 0 Å². The summed E-state index contributed by atoms with van der Waals surface area (Å²) < 4.78 is 37.9. The lowest BCUT2D eigenvalue weighted by molar-refractivity contribution is -0.223. The molecule has 5 rings (SSSR count). The largest absolute Gasteiger partial charge is 0.487 e. The van der Waals surface area contributed by atoms with E-state index in [1.54, 1.807) is 19.1 Å². The Bertz CT molecular complexity index is 1520. The highest BCUT2D eigenvalue weighted by atomic mass is 16.6. The average molecular weight is 635 g/mol. The summed E-state index contributed by atoms with van der Waals surface area (Å²) in [5.74, 6) is 0.0676. The van der Waals surface area contributed by atoms with Gasteiger partial charge < -0.3 is 28.4 Å². The maximum atomic E-state index is 12.1. The Morgan fingerprint density at radius 3 is 1.62 bits per heavy atom. The normalized spacial score (nSPS) is 20.2. The number of carbonyl (C=O) groups excluding carboxylic acids is 1. The SMILES string of the molecule is CCOC(=O)/C=C/C=C1\O[C@H](COCc2ccccc2)[C@@H](OCc2ccccc2)[C@H](OCc2ccccc2)[C@H]1OCc1ccccc1. The molecule has 0 N–H and O–H groups in total. The summed E-state index contributed by atoms with van der Waals surface area (Å²) in [7, 11) is 0. The predicted molar refractivity (Wildman–Crippen MR) is 180 cm³/mol. The van der Waals surface area contributed by atoms with Crippen LogP contribution in [0.5, 0.6) is 0 Å². The molecule has 0 saturated carbocycles. The number of hydrogen-bond acceptors (Lipinski definition) is 7. The van der Waals surface area contributed by atoms with E-state index in [1.807, 2.05) is 121 Å². The summed E-state index contributed by atoms with van der Waals surface area (Å²) in [5, 5.41) is 0. The highest BCUT2D eigenvalue weighted by Crippen LogP contribution is 2.33. The third-order valence-corrected chi connectivity index (χ3v) is 7.57. The van der Waals surface area contributed by atoms with E-state index in [-0.39, 0.29) is 13.2 Å². The Labute approximate surface area is 277 Å². The molecule has 0 radical (unpaired) electrons. The molecule has 1 aliphatic rings. The van der Waals surface area contributed by atoms with Gasteiger partial charge in [0.2, 0.25) is 0 Å². The van der Waals surface area contributed by atoms with Crippen molar-refractivity contribution < 1.29 is 33.2 Å². The van der Waals surface area contributed by atoms with Gasteiger partial charge in [0.1, 0.15) is 24.1 Å². The van der Waals surface area contributed by atoms with Gasteiger partial charge in [-0.3, -0.25) is 0 Å². The average Bonchev–Trinajstić information content (AvgIpc) is 3.11. The molecule has 0 bridgehead atoms. The molecule has 0 amide bonds. The highest BCUT2D eigenvalue weighted by Gasteiger charge is 2.46. The van der Waals surface area contributed by atoms with Gasteiger partial charge in [0.05, 0.1) is 39.6 Å². The number of rotatable bonds is 16. The fourth-order valence-electron chi connectivity index (χ4n) is 5.25. The minimum absolute atomic E-state index is 0.240. The number of hydrogen-bond donors (Lipinski definition) is 0. The first-order valence-electron chi connectivity index (χ1n) is 16.0. The van der Waals surface area contributed by atoms with Crippen LogP contribution in [0.25, 0.3) is 0 Å². The summed E-state index contributed by atoms with van der Waals surface area (Å²) in [5.41, 5.74) is 4.11. The topological polar surface area (TPSA) is 72.5 Å². The second kappa shape index (κ2) is 18.6. The van der Waals surface area contributed by atoms with E-state index in [0.717, 1.165) is 22.3 Å². The van der Waals surface area contributed by atoms with E-state index in [4.69, 9.17) is 28.4 Å². The van der Waals surface area contributed by atoms with E-state index < -0.39 is 30.4 Å². The van der Waals surface area contributed by atoms with Crippen molar-refractivity contribution in [3.05, 3.63) is 168 Å². The number of esters is 1. The second-order valence-corrected chi connectivity index (χ2v) is 11.1. The van der Waals surface area contributed by atoms with Crippen LogP contribution in [0.3, 0.4) is 0 Å². The van der Waals surface area contributed by atoms with Gasteiger partial charge in [-0.2, -0.15) is 0 Å². The Hall–Kier alpha value is -4.53. The summed E-state index contributed by atoms with van der Waals surface area (Å²) in [4.78, 5) is 12.1. The summed E-state index contributed by atoms with van der Waals surface area (Å²) in [6.45, 7) is 3.72. The fourth-order valence-corrected chi connectivity index (χ4v) is 5.25. The minimum Gasteiger partial charge on any atom is -0.487 e. The van der Waals surface area contributed by atoms with Crippen molar-refractivity contribution in [2.45, 2.75) is 57.8 Å². The van der Waals surface area contributed by atoms with Gasteiger partial charge in [0.25, 0.3) is 0 Å². The smallest absolute Gasteiger partial charge is 0.330 e. The Balaban J connectivity index is 1.47. The third kappa shape index (κ3) is 10.8. The van der Waals surface area contributed by atoms with Crippen molar-refractivity contribution in [1.29, 1.82) is 0 Å². The maximum absolute atomic E-state index is 12.1. The van der Waals surface area contributed by atoms with E-state index in [9.17, 15) is 4.79 Å². The van der Waals surface area contributed by atoms with Gasteiger partial charge in [-0.25, -0.2) is 4.79 Å². The molecule has 7 nitrogen and oxygen atoms in total. The zero-order chi connectivity index (χ0) is 32.5. The molecule has 0 spiro atoms. The van der Waals surface area contributed by atoms with Gasteiger partial charge in [0.15, 0.2) is 6.10 Å². The van der Waals surface area contributed by atoms with Crippen LogP contribution in [-0.2, 0) is 59.6 Å². The van der Waals surface area contributed by atoms with Crippen molar-refractivity contribution in [2.24, 2.45) is 0 Å². The molecule has 4 aromatic rings. The summed E-state index contributed by atoms with van der Waals surface area (Å²) >= 11 is 0. The molecular formula is C40H42O7. The lowest BCUT2D eigenvalue weighted by Crippen LogP contribution is -2.56. The van der Waals surface area contributed by atoms with Crippen molar-refractivity contribution >= 4 is 5.97 Å². The molecule has 1 aliphatic heterocycles. The Morgan fingerprint density at radius 1 is 0.638 bits per heavy atom. The molecule has 0 unspecified atom stereocenters. The zero-order valence-corrected chi connectivity index (χ0v) is 26.7. The van der Waals surface area contributed by atoms with Crippen LogP contribution in [0, 0.1) is 0 Å². The lowest BCUT2D eigenvalue weighted by atomic mass is 9.96.